The van der Waals surface area contributed by atoms with Gasteiger partial charge >= 0.3 is 0 Å². The van der Waals surface area contributed by atoms with Crippen molar-refractivity contribution in [1.82, 2.24) is 25.4 Å². The van der Waals surface area contributed by atoms with Crippen LogP contribution in [-0.4, -0.2) is 46.3 Å². The van der Waals surface area contributed by atoms with Gasteiger partial charge in [0, 0.05) is 20.1 Å². The lowest BCUT2D eigenvalue weighted by atomic mass is 9.98. The lowest BCUT2D eigenvalue weighted by Crippen LogP contribution is -2.37. The van der Waals surface area contributed by atoms with E-state index in [1.165, 1.54) is 34.4 Å². The Morgan fingerprint density at radius 2 is 1.87 bits per heavy atom. The first-order chi connectivity index (χ1) is 14.8. The summed E-state index contributed by atoms with van der Waals surface area (Å²) in [4.78, 5) is 8.34. The number of hydrogen-bond donors (Lipinski definition) is 2. The van der Waals surface area contributed by atoms with E-state index in [1.54, 1.807) is 12.7 Å². The summed E-state index contributed by atoms with van der Waals surface area (Å²) in [7, 11) is 1.82. The molecule has 0 aliphatic carbocycles. The average molecular weight is 551 g/mol. The monoisotopic (exact) mass is 550 g/mol. The molecular formula is C23H31IN6S. The maximum absolute atomic E-state index is 4.35. The van der Waals surface area contributed by atoms with Crippen LogP contribution >= 0.6 is 35.7 Å². The fourth-order valence-corrected chi connectivity index (χ4v) is 3.72. The number of halogens is 1. The molecule has 0 atom stereocenters. The Balaban J connectivity index is 0.00000341. The van der Waals surface area contributed by atoms with Gasteiger partial charge in [-0.15, -0.1) is 24.0 Å². The first kappa shape index (κ1) is 25.2. The smallest absolute Gasteiger partial charge is 0.191 e. The largest absolute Gasteiger partial charge is 0.356 e. The van der Waals surface area contributed by atoms with Crippen LogP contribution in [0, 0.1) is 0 Å². The summed E-state index contributed by atoms with van der Waals surface area (Å²) in [6.07, 6.45) is 7.82. The molecule has 3 aromatic rings. The molecule has 0 radical (unpaired) electrons. The minimum absolute atomic E-state index is 0. The van der Waals surface area contributed by atoms with Crippen molar-refractivity contribution >= 4 is 41.7 Å². The van der Waals surface area contributed by atoms with Gasteiger partial charge in [0.25, 0.3) is 0 Å². The third-order valence-electron chi connectivity index (χ3n) is 4.83. The maximum Gasteiger partial charge on any atom is 0.191 e. The van der Waals surface area contributed by atoms with Gasteiger partial charge in [-0.25, -0.2) is 9.67 Å². The van der Waals surface area contributed by atoms with Crippen LogP contribution < -0.4 is 10.6 Å². The highest BCUT2D eigenvalue weighted by Gasteiger charge is 2.06. The van der Waals surface area contributed by atoms with Crippen molar-refractivity contribution in [2.24, 2.45) is 4.99 Å². The van der Waals surface area contributed by atoms with Gasteiger partial charge in [-0.05, 0) is 47.1 Å². The summed E-state index contributed by atoms with van der Waals surface area (Å²) < 4.78 is 1.83. The van der Waals surface area contributed by atoms with Crippen molar-refractivity contribution in [1.29, 1.82) is 0 Å². The van der Waals surface area contributed by atoms with Crippen molar-refractivity contribution in [3.8, 4) is 11.1 Å². The van der Waals surface area contributed by atoms with E-state index in [4.69, 9.17) is 0 Å². The molecule has 1 heterocycles. The molecule has 0 fully saturated rings. The van der Waals surface area contributed by atoms with Crippen molar-refractivity contribution in [2.45, 2.75) is 25.9 Å². The Morgan fingerprint density at radius 1 is 1.06 bits per heavy atom. The summed E-state index contributed by atoms with van der Waals surface area (Å²) in [6.45, 7) is 2.39. The van der Waals surface area contributed by atoms with E-state index in [-0.39, 0.29) is 24.0 Å². The highest BCUT2D eigenvalue weighted by molar-refractivity contribution is 14.0. The van der Waals surface area contributed by atoms with E-state index in [9.17, 15) is 0 Å². The summed E-state index contributed by atoms with van der Waals surface area (Å²) in [5, 5.41) is 11.0. The molecule has 6 nitrogen and oxygen atoms in total. The third kappa shape index (κ3) is 8.17. The predicted octanol–water partition coefficient (Wildman–Crippen LogP) is 4.42. The number of hydrogen-bond acceptors (Lipinski definition) is 4. The van der Waals surface area contributed by atoms with Crippen LogP contribution in [0.2, 0.25) is 0 Å². The molecule has 1 aromatic heterocycles. The summed E-state index contributed by atoms with van der Waals surface area (Å²) in [5.41, 5.74) is 4.88. The predicted molar refractivity (Wildman–Crippen MR) is 142 cm³/mol. The molecule has 0 unspecified atom stereocenters. The van der Waals surface area contributed by atoms with E-state index >= 15 is 0 Å². The Morgan fingerprint density at radius 3 is 2.58 bits per heavy atom. The number of aromatic nitrogens is 3. The molecule has 3 rings (SSSR count). The SMILES string of the molecule is CN=C(NCCCCSC)NCc1ccccc1-c1ccc(Cn2cncn2)cc1.I. The Bertz CT molecular complexity index is 912. The molecule has 166 valence electrons. The number of unbranched alkanes of at least 4 members (excludes halogenated alkanes) is 1. The Labute approximate surface area is 206 Å². The average Bonchev–Trinajstić information content (AvgIpc) is 3.29. The van der Waals surface area contributed by atoms with Crippen molar-refractivity contribution in [2.75, 3.05) is 25.6 Å². The molecule has 0 amide bonds. The van der Waals surface area contributed by atoms with Crippen LogP contribution in [0.15, 0.2) is 66.2 Å². The van der Waals surface area contributed by atoms with Gasteiger partial charge in [-0.1, -0.05) is 48.5 Å². The highest BCUT2D eigenvalue weighted by Crippen LogP contribution is 2.24. The molecule has 0 spiro atoms. The zero-order valence-electron chi connectivity index (χ0n) is 18.1. The van der Waals surface area contributed by atoms with Crippen LogP contribution in [0.3, 0.4) is 0 Å². The molecule has 8 heteroatoms. The van der Waals surface area contributed by atoms with Gasteiger partial charge in [-0.3, -0.25) is 4.99 Å². The van der Waals surface area contributed by atoms with Gasteiger partial charge in [0.1, 0.15) is 12.7 Å². The molecule has 2 aromatic carbocycles. The van der Waals surface area contributed by atoms with Gasteiger partial charge in [-0.2, -0.15) is 16.9 Å². The molecular weight excluding hydrogens is 519 g/mol. The fourth-order valence-electron chi connectivity index (χ4n) is 3.22. The zero-order valence-corrected chi connectivity index (χ0v) is 21.3. The molecule has 0 saturated carbocycles. The van der Waals surface area contributed by atoms with Crippen LogP contribution in [0.5, 0.6) is 0 Å². The van der Waals surface area contributed by atoms with Crippen LogP contribution in [0.1, 0.15) is 24.0 Å². The zero-order chi connectivity index (χ0) is 21.0. The maximum atomic E-state index is 4.35. The first-order valence-corrected chi connectivity index (χ1v) is 11.6. The number of guanidine groups is 1. The minimum atomic E-state index is 0. The lowest BCUT2D eigenvalue weighted by molar-refractivity contribution is 0.685. The van der Waals surface area contributed by atoms with E-state index in [0.717, 1.165) is 32.0 Å². The lowest BCUT2D eigenvalue weighted by Gasteiger charge is -2.15. The number of nitrogens with one attached hydrogen (secondary N) is 2. The molecule has 0 aliphatic heterocycles. The van der Waals surface area contributed by atoms with E-state index in [1.807, 2.05) is 23.5 Å². The molecule has 0 aliphatic rings. The topological polar surface area (TPSA) is 67.1 Å². The summed E-state index contributed by atoms with van der Waals surface area (Å²) in [5.74, 6) is 2.05. The van der Waals surface area contributed by atoms with Crippen LogP contribution in [0.4, 0.5) is 0 Å². The second-order valence-corrected chi connectivity index (χ2v) is 7.99. The highest BCUT2D eigenvalue weighted by atomic mass is 127. The van der Waals surface area contributed by atoms with Gasteiger partial charge in [0.05, 0.1) is 6.54 Å². The van der Waals surface area contributed by atoms with Gasteiger partial charge in [0.15, 0.2) is 5.96 Å². The van der Waals surface area contributed by atoms with Gasteiger partial charge < -0.3 is 10.6 Å². The molecule has 31 heavy (non-hydrogen) atoms. The number of benzene rings is 2. The fraction of sp³-hybridized carbons (Fsp3) is 0.348. The quantitative estimate of drug-likeness (QED) is 0.169. The van der Waals surface area contributed by atoms with Crippen molar-refractivity contribution in [3.63, 3.8) is 0 Å². The molecule has 2 N–H and O–H groups in total. The van der Waals surface area contributed by atoms with E-state index in [2.05, 4.69) is 80.5 Å². The normalized spacial score (nSPS) is 11.1. The van der Waals surface area contributed by atoms with Crippen molar-refractivity contribution in [3.05, 3.63) is 72.3 Å². The standard InChI is InChI=1S/C23H30N6S.HI/c1-24-23(26-13-5-6-14-30-2)27-15-21-7-3-4-8-22(21)20-11-9-19(10-12-20)16-29-18-25-17-28-29;/h3-4,7-12,17-18H,5-6,13-16H2,1-2H3,(H2,24,26,27);1H. The van der Waals surface area contributed by atoms with Crippen LogP contribution in [-0.2, 0) is 13.1 Å². The number of nitrogens with zero attached hydrogens (tertiary/aromatic N) is 4. The molecule has 0 bridgehead atoms. The Hall–Kier alpha value is -2.07. The number of aliphatic imine (C=N–C) groups is 1. The van der Waals surface area contributed by atoms with Crippen LogP contribution in [0.25, 0.3) is 11.1 Å². The summed E-state index contributed by atoms with van der Waals surface area (Å²) in [6, 6.07) is 17.1. The van der Waals surface area contributed by atoms with Gasteiger partial charge in [0.2, 0.25) is 0 Å². The summed E-state index contributed by atoms with van der Waals surface area (Å²) >= 11 is 1.89. The number of thioether (sulfide) groups is 1. The van der Waals surface area contributed by atoms with Crippen molar-refractivity contribution < 1.29 is 0 Å². The second kappa shape index (κ2) is 14.1. The first-order valence-electron chi connectivity index (χ1n) is 10.2. The van der Waals surface area contributed by atoms with E-state index in [0.29, 0.717) is 0 Å². The van der Waals surface area contributed by atoms with E-state index < -0.39 is 0 Å². The number of rotatable bonds is 10. The second-order valence-electron chi connectivity index (χ2n) is 7.00. The Kier molecular flexibility index (Phi) is 11.4. The molecule has 0 saturated heterocycles. The minimum Gasteiger partial charge on any atom is -0.356 e. The third-order valence-corrected chi connectivity index (χ3v) is 5.53.